The van der Waals surface area contributed by atoms with Gasteiger partial charge in [0.15, 0.2) is 5.78 Å². The Bertz CT molecular complexity index is 1960. The number of carboxylic acid groups (broad SMARTS) is 1. The number of likely N-dealkylation sites (N-methyl/N-ethyl adjacent to an activating group) is 2. The van der Waals surface area contributed by atoms with Crippen molar-refractivity contribution in [3.05, 3.63) is 35.9 Å². The number of benzene rings is 1. The minimum Gasteiger partial charge on any atom is -0.480 e. The average Bonchev–Trinajstić information content (AvgIpc) is 3.86. The second kappa shape index (κ2) is 30.1. The third kappa shape index (κ3) is 17.1. The highest BCUT2D eigenvalue weighted by molar-refractivity contribution is 8.00. The van der Waals surface area contributed by atoms with Gasteiger partial charge in [0.25, 0.3) is 0 Å². The first-order valence-corrected chi connectivity index (χ1v) is 27.2. The van der Waals surface area contributed by atoms with E-state index >= 15 is 4.39 Å². The first-order chi connectivity index (χ1) is 34.0. The Balaban J connectivity index is 1.70. The molecule has 2 heterocycles. The molecule has 2 N–H and O–H groups in total. The van der Waals surface area contributed by atoms with E-state index < -0.39 is 72.2 Å². The van der Waals surface area contributed by atoms with Gasteiger partial charge in [0.1, 0.15) is 12.2 Å². The van der Waals surface area contributed by atoms with Gasteiger partial charge in [-0.25, -0.2) is 9.18 Å². The topological polar surface area (TPSA) is 200 Å². The van der Waals surface area contributed by atoms with Crippen LogP contribution in [0.5, 0.6) is 0 Å². The number of amides is 6. The third-order valence-corrected chi connectivity index (χ3v) is 16.1. The summed E-state index contributed by atoms with van der Waals surface area (Å²) in [5.74, 6) is -4.97. The minimum absolute atomic E-state index is 0.0443. The zero-order chi connectivity index (χ0) is 54.0. The summed E-state index contributed by atoms with van der Waals surface area (Å²) < 4.78 is 27.2. The summed E-state index contributed by atoms with van der Waals surface area (Å²) in [7, 11) is 6.08. The van der Waals surface area contributed by atoms with Crippen LogP contribution in [0.2, 0.25) is 0 Å². The SMILES string of the molecule is CCCCSC1CC(=O)N(CCCCCC(=O)N(C)[C@H](C(=O)C[C@H](C(=O)N(C)[C@@H]([C@@H](C)CC)[C@@H](CC(=O)N2C[C@@H](F)C[C@H]2[C@H](OC)[C@@H](C)C(=O)N[C@@H](Cc2ccccc2)C(=O)O)OC)C(C)C)C(C)C)C1=O. The molecule has 2 aliphatic rings. The molecular weight excluding hydrogens is 946 g/mol. The third-order valence-electron chi connectivity index (χ3n) is 14.8. The number of imide groups is 1. The number of carbonyl (C=O) groups is 8. The van der Waals surface area contributed by atoms with Crippen LogP contribution in [0.15, 0.2) is 30.3 Å². The molecule has 3 rings (SSSR count). The van der Waals surface area contributed by atoms with Crippen molar-refractivity contribution >= 4 is 59.0 Å². The molecule has 18 heteroatoms. The number of Topliss-reactive ketones (excluding diaryl/α,β-unsaturated/α-hetero) is 1. The number of halogens is 1. The number of alkyl halides is 1. The van der Waals surface area contributed by atoms with Gasteiger partial charge in [-0.1, -0.05) is 105 Å². The summed E-state index contributed by atoms with van der Waals surface area (Å²) in [4.78, 5) is 114. The predicted octanol–water partition coefficient (Wildman–Crippen LogP) is 6.60. The van der Waals surface area contributed by atoms with Crippen molar-refractivity contribution in [2.45, 2.75) is 180 Å². The predicted molar refractivity (Wildman–Crippen MR) is 276 cm³/mol. The standard InChI is InChI=1S/C54H86FN5O11S/c1-13-15-26-72-44-31-47(64)59(53(44)67)25-21-17-20-24-45(62)57(9)48(34(5)6)42(61)29-39(33(3)4)52(66)58(10)49(35(7)14-2)43(70-11)30-46(63)60-32-38(55)28-41(60)50(71-12)36(8)51(65)56-40(54(68)69)27-37-22-18-16-19-23-37/h16,18-19,22-23,33-36,38-41,43-44,48-50H,13-15,17,20-21,24-32H2,1-12H3,(H,56,65)(H,68,69)/t35-,36+,38-,39-,40-,41-,43+,44?,48-,49-,50+/m0/s1. The van der Waals surface area contributed by atoms with Gasteiger partial charge in [0.2, 0.25) is 35.4 Å². The number of ether oxygens (including phenoxy) is 2. The molecule has 72 heavy (non-hydrogen) atoms. The van der Waals surface area contributed by atoms with E-state index in [1.807, 2.05) is 41.5 Å². The molecule has 0 aromatic heterocycles. The maximum atomic E-state index is 15.4. The highest BCUT2D eigenvalue weighted by atomic mass is 32.2. The molecule has 16 nitrogen and oxygen atoms in total. The molecule has 1 aromatic carbocycles. The van der Waals surface area contributed by atoms with E-state index in [9.17, 15) is 43.5 Å². The van der Waals surface area contributed by atoms with Crippen LogP contribution < -0.4 is 5.32 Å². The number of nitrogens with zero attached hydrogens (tertiary/aromatic N) is 4. The fourth-order valence-corrected chi connectivity index (χ4v) is 11.6. The highest BCUT2D eigenvalue weighted by Gasteiger charge is 2.46. The highest BCUT2D eigenvalue weighted by Crippen LogP contribution is 2.33. The fraction of sp³-hybridized carbons (Fsp3) is 0.741. The van der Waals surface area contributed by atoms with Gasteiger partial charge in [0.05, 0.1) is 54.5 Å². The van der Waals surface area contributed by atoms with Gasteiger partial charge >= 0.3 is 5.97 Å². The first-order valence-electron chi connectivity index (χ1n) is 26.1. The lowest BCUT2D eigenvalue weighted by molar-refractivity contribution is -0.150. The second-order valence-corrected chi connectivity index (χ2v) is 22.0. The molecule has 0 bridgehead atoms. The number of carboxylic acids is 1. The Morgan fingerprint density at radius 2 is 1.56 bits per heavy atom. The van der Waals surface area contributed by atoms with Crippen molar-refractivity contribution < 1.29 is 57.3 Å². The van der Waals surface area contributed by atoms with Crippen LogP contribution in [0.1, 0.15) is 132 Å². The molecule has 2 fully saturated rings. The number of unbranched alkanes of at least 4 members (excludes halogenated alkanes) is 3. The van der Waals surface area contributed by atoms with Gasteiger partial charge in [-0.15, -0.1) is 11.8 Å². The van der Waals surface area contributed by atoms with Crippen LogP contribution in [0.25, 0.3) is 0 Å². The molecular formula is C54H86FN5O11S. The van der Waals surface area contributed by atoms with Crippen molar-refractivity contribution in [1.82, 2.24) is 24.9 Å². The van der Waals surface area contributed by atoms with E-state index in [1.165, 1.54) is 28.9 Å². The van der Waals surface area contributed by atoms with Crippen LogP contribution in [0.3, 0.4) is 0 Å². The van der Waals surface area contributed by atoms with Gasteiger partial charge in [-0.2, -0.15) is 0 Å². The van der Waals surface area contributed by atoms with E-state index in [0.717, 1.165) is 18.6 Å². The van der Waals surface area contributed by atoms with Crippen molar-refractivity contribution in [1.29, 1.82) is 0 Å². The number of nitrogens with one attached hydrogen (secondary N) is 1. The van der Waals surface area contributed by atoms with Crippen LogP contribution in [0.4, 0.5) is 4.39 Å². The fourth-order valence-electron chi connectivity index (χ4n) is 10.3. The monoisotopic (exact) mass is 1030 g/mol. The Morgan fingerprint density at radius 1 is 0.889 bits per heavy atom. The summed E-state index contributed by atoms with van der Waals surface area (Å²) >= 11 is 1.54. The van der Waals surface area contributed by atoms with E-state index in [-0.39, 0.29) is 97.5 Å². The first kappa shape index (κ1) is 61.9. The van der Waals surface area contributed by atoms with Crippen LogP contribution in [-0.2, 0) is 54.3 Å². The number of aliphatic carboxylic acids is 1. The molecule has 11 atom stereocenters. The second-order valence-electron chi connectivity index (χ2n) is 20.7. The summed E-state index contributed by atoms with van der Waals surface area (Å²) in [6.07, 6.45) is 1.09. The van der Waals surface area contributed by atoms with Crippen molar-refractivity contribution in [2.24, 2.45) is 29.6 Å². The summed E-state index contributed by atoms with van der Waals surface area (Å²) in [5, 5.41) is 12.2. The summed E-state index contributed by atoms with van der Waals surface area (Å²) in [5.41, 5.74) is 0.717. The van der Waals surface area contributed by atoms with Gasteiger partial charge in [-0.05, 0) is 48.3 Å². The van der Waals surface area contributed by atoms with Crippen molar-refractivity contribution in [2.75, 3.05) is 47.2 Å². The molecule has 2 saturated heterocycles. The zero-order valence-electron chi connectivity index (χ0n) is 45.1. The number of carbonyl (C=O) groups excluding carboxylic acids is 7. The Labute approximate surface area is 432 Å². The van der Waals surface area contributed by atoms with Crippen LogP contribution in [-0.4, -0.2) is 167 Å². The smallest absolute Gasteiger partial charge is 0.326 e. The molecule has 1 unspecified atom stereocenters. The maximum Gasteiger partial charge on any atom is 0.326 e. The maximum absolute atomic E-state index is 15.4. The van der Waals surface area contributed by atoms with E-state index in [2.05, 4.69) is 12.2 Å². The van der Waals surface area contributed by atoms with Gasteiger partial charge < -0.3 is 34.6 Å². The average molecular weight is 1030 g/mol. The number of methoxy groups -OCH3 is 2. The van der Waals surface area contributed by atoms with Gasteiger partial charge in [0, 0.05) is 72.9 Å². The van der Waals surface area contributed by atoms with Crippen molar-refractivity contribution in [3.63, 3.8) is 0 Å². The Hall–Kier alpha value is -4.42. The van der Waals surface area contributed by atoms with Gasteiger partial charge in [-0.3, -0.25) is 38.5 Å². The minimum atomic E-state index is -1.42. The van der Waals surface area contributed by atoms with E-state index in [1.54, 1.807) is 68.0 Å². The van der Waals surface area contributed by atoms with Crippen LogP contribution in [0, 0.1) is 29.6 Å². The zero-order valence-corrected chi connectivity index (χ0v) is 45.9. The summed E-state index contributed by atoms with van der Waals surface area (Å²) in [6.45, 7) is 15.1. The normalized spacial score (nSPS) is 20.5. The molecule has 1 aromatic rings. The molecule has 6 amide bonds. The van der Waals surface area contributed by atoms with E-state index in [0.29, 0.717) is 37.8 Å². The number of likely N-dealkylation sites (tertiary alicyclic amines) is 2. The molecule has 0 saturated carbocycles. The van der Waals surface area contributed by atoms with Crippen LogP contribution >= 0.6 is 11.8 Å². The Kier molecular flexibility index (Phi) is 25.8. The van der Waals surface area contributed by atoms with Crippen molar-refractivity contribution in [3.8, 4) is 0 Å². The number of thioether (sulfide) groups is 1. The molecule has 0 aliphatic carbocycles. The largest absolute Gasteiger partial charge is 0.480 e. The number of hydrogen-bond donors (Lipinski definition) is 2. The number of rotatable bonds is 32. The molecule has 406 valence electrons. The number of hydrogen-bond acceptors (Lipinski definition) is 11. The van der Waals surface area contributed by atoms with E-state index in [4.69, 9.17) is 9.47 Å². The lowest BCUT2D eigenvalue weighted by Gasteiger charge is -2.41. The Morgan fingerprint density at radius 3 is 2.12 bits per heavy atom. The molecule has 2 aliphatic heterocycles. The number of ketones is 1. The summed E-state index contributed by atoms with van der Waals surface area (Å²) in [6, 6.07) is 5.34. The molecule has 0 spiro atoms. The lowest BCUT2D eigenvalue weighted by Crippen LogP contribution is -2.55. The molecule has 0 radical (unpaired) electrons. The quantitative estimate of drug-likeness (QED) is 0.0580. The lowest BCUT2D eigenvalue weighted by atomic mass is 9.83.